The summed E-state index contributed by atoms with van der Waals surface area (Å²) in [6.45, 7) is 0. The Morgan fingerprint density at radius 2 is 1.04 bits per heavy atom. The second-order valence-electron chi connectivity index (χ2n) is 5.45. The van der Waals surface area contributed by atoms with Gasteiger partial charge in [-0.1, -0.05) is 84.9 Å². The smallest absolute Gasteiger partial charge is 0.137 e. The lowest BCUT2D eigenvalue weighted by Crippen LogP contribution is -1.81. The molecule has 1 aromatic heterocycles. The number of aromatic nitrogens is 2. The first kappa shape index (κ1) is 13.5. The van der Waals surface area contributed by atoms with E-state index in [0.29, 0.717) is 0 Å². The van der Waals surface area contributed by atoms with Gasteiger partial charge in [-0.3, -0.25) is 0 Å². The van der Waals surface area contributed by atoms with Gasteiger partial charge in [-0.2, -0.15) is 0 Å². The molecule has 2 heteroatoms. The molecule has 0 saturated carbocycles. The van der Waals surface area contributed by atoms with Gasteiger partial charge in [0.05, 0.1) is 11.9 Å². The first-order chi connectivity index (χ1) is 11.4. The van der Waals surface area contributed by atoms with E-state index in [2.05, 4.69) is 70.6 Å². The predicted octanol–water partition coefficient (Wildman–Crippen LogP) is 5.41. The van der Waals surface area contributed by atoms with E-state index < -0.39 is 0 Å². The van der Waals surface area contributed by atoms with Crippen LogP contribution in [0.15, 0.2) is 91.1 Å². The molecule has 0 saturated heterocycles. The summed E-state index contributed by atoms with van der Waals surface area (Å²) in [5, 5.41) is 0. The summed E-state index contributed by atoms with van der Waals surface area (Å²) >= 11 is 0. The van der Waals surface area contributed by atoms with Gasteiger partial charge in [-0.15, -0.1) is 0 Å². The number of hydrogen-bond donors (Lipinski definition) is 1. The van der Waals surface area contributed by atoms with E-state index in [4.69, 9.17) is 0 Å². The normalized spacial score (nSPS) is 10.6. The van der Waals surface area contributed by atoms with Crippen molar-refractivity contribution in [2.45, 2.75) is 0 Å². The Labute approximate surface area is 135 Å². The summed E-state index contributed by atoms with van der Waals surface area (Å²) in [5.41, 5.74) is 5.72. The Bertz CT molecular complexity index is 892. The van der Waals surface area contributed by atoms with Crippen LogP contribution in [-0.4, -0.2) is 9.97 Å². The highest BCUT2D eigenvalue weighted by atomic mass is 14.9. The molecule has 0 bridgehead atoms. The highest BCUT2D eigenvalue weighted by molar-refractivity contribution is 5.70. The van der Waals surface area contributed by atoms with Crippen molar-refractivity contribution >= 4 is 0 Å². The lowest BCUT2D eigenvalue weighted by molar-refractivity contribution is 1.31. The average molecular weight is 296 g/mol. The first-order valence-electron chi connectivity index (χ1n) is 7.66. The second-order valence-corrected chi connectivity index (χ2v) is 5.45. The SMILES string of the molecule is c1ccc(-c2ccc(-c3cnc(-c4ccccc4)[nH]3)cc2)cc1. The number of nitrogens with zero attached hydrogens (tertiary/aromatic N) is 1. The summed E-state index contributed by atoms with van der Waals surface area (Å²) in [6, 6.07) is 29.1. The van der Waals surface area contributed by atoms with Crippen LogP contribution in [0.2, 0.25) is 0 Å². The van der Waals surface area contributed by atoms with Crippen LogP contribution in [0.4, 0.5) is 0 Å². The van der Waals surface area contributed by atoms with Crippen LogP contribution in [0.25, 0.3) is 33.8 Å². The Balaban J connectivity index is 1.63. The van der Waals surface area contributed by atoms with E-state index in [1.54, 1.807) is 0 Å². The lowest BCUT2D eigenvalue weighted by Gasteiger charge is -2.03. The van der Waals surface area contributed by atoms with Crippen molar-refractivity contribution < 1.29 is 0 Å². The Kier molecular flexibility index (Phi) is 3.49. The number of benzene rings is 3. The number of nitrogens with one attached hydrogen (secondary N) is 1. The van der Waals surface area contributed by atoms with Gasteiger partial charge in [-0.05, 0) is 16.7 Å². The standard InChI is InChI=1S/C21H16N2/c1-3-7-16(8-4-1)17-11-13-18(14-12-17)20-15-22-21(23-20)19-9-5-2-6-10-19/h1-15H,(H,22,23). The van der Waals surface area contributed by atoms with E-state index >= 15 is 0 Å². The fourth-order valence-corrected chi connectivity index (χ4v) is 2.68. The van der Waals surface area contributed by atoms with Gasteiger partial charge < -0.3 is 4.98 Å². The van der Waals surface area contributed by atoms with Crippen LogP contribution in [0.1, 0.15) is 0 Å². The fourth-order valence-electron chi connectivity index (χ4n) is 2.68. The minimum absolute atomic E-state index is 0.896. The van der Waals surface area contributed by atoms with Crippen molar-refractivity contribution in [1.29, 1.82) is 0 Å². The molecule has 0 unspecified atom stereocenters. The molecule has 4 aromatic rings. The van der Waals surface area contributed by atoms with E-state index in [-0.39, 0.29) is 0 Å². The molecule has 0 atom stereocenters. The number of aromatic amines is 1. The van der Waals surface area contributed by atoms with Gasteiger partial charge >= 0.3 is 0 Å². The topological polar surface area (TPSA) is 28.7 Å². The van der Waals surface area contributed by atoms with Crippen molar-refractivity contribution in [2.75, 3.05) is 0 Å². The van der Waals surface area contributed by atoms with Crippen molar-refractivity contribution in [3.05, 3.63) is 91.1 Å². The maximum absolute atomic E-state index is 4.49. The molecule has 1 N–H and O–H groups in total. The number of hydrogen-bond acceptors (Lipinski definition) is 1. The number of rotatable bonds is 3. The van der Waals surface area contributed by atoms with Crippen molar-refractivity contribution in [2.24, 2.45) is 0 Å². The zero-order valence-electron chi connectivity index (χ0n) is 12.6. The number of imidazole rings is 1. The van der Waals surface area contributed by atoms with Gasteiger partial charge in [0.2, 0.25) is 0 Å². The van der Waals surface area contributed by atoms with Gasteiger partial charge in [0.1, 0.15) is 5.82 Å². The largest absolute Gasteiger partial charge is 0.338 e. The van der Waals surface area contributed by atoms with Crippen molar-refractivity contribution in [1.82, 2.24) is 9.97 Å². The van der Waals surface area contributed by atoms with Crippen LogP contribution in [0.5, 0.6) is 0 Å². The molecule has 1 heterocycles. The molecule has 0 spiro atoms. The molecular formula is C21H16N2. The third kappa shape index (κ3) is 2.79. The fraction of sp³-hybridized carbons (Fsp3) is 0. The van der Waals surface area contributed by atoms with Crippen LogP contribution < -0.4 is 0 Å². The monoisotopic (exact) mass is 296 g/mol. The quantitative estimate of drug-likeness (QED) is 0.538. The Morgan fingerprint density at radius 1 is 0.522 bits per heavy atom. The van der Waals surface area contributed by atoms with E-state index in [9.17, 15) is 0 Å². The molecular weight excluding hydrogens is 280 g/mol. The highest BCUT2D eigenvalue weighted by Gasteiger charge is 2.05. The van der Waals surface area contributed by atoms with E-state index in [1.807, 2.05) is 30.5 Å². The summed E-state index contributed by atoms with van der Waals surface area (Å²) in [4.78, 5) is 7.88. The molecule has 23 heavy (non-hydrogen) atoms. The molecule has 2 nitrogen and oxygen atoms in total. The molecule has 3 aromatic carbocycles. The lowest BCUT2D eigenvalue weighted by atomic mass is 10.0. The molecule has 0 fully saturated rings. The maximum atomic E-state index is 4.49. The first-order valence-corrected chi connectivity index (χ1v) is 7.66. The zero-order chi connectivity index (χ0) is 15.5. The predicted molar refractivity (Wildman–Crippen MR) is 94.9 cm³/mol. The van der Waals surface area contributed by atoms with Crippen molar-refractivity contribution in [3.8, 4) is 33.8 Å². The van der Waals surface area contributed by atoms with Gasteiger partial charge in [-0.25, -0.2) is 4.98 Å². The molecule has 110 valence electrons. The Morgan fingerprint density at radius 3 is 1.70 bits per heavy atom. The highest BCUT2D eigenvalue weighted by Crippen LogP contribution is 2.25. The van der Waals surface area contributed by atoms with E-state index in [0.717, 1.165) is 22.6 Å². The van der Waals surface area contributed by atoms with Crippen LogP contribution in [0.3, 0.4) is 0 Å². The number of H-pyrrole nitrogens is 1. The van der Waals surface area contributed by atoms with Gasteiger partial charge in [0.25, 0.3) is 0 Å². The summed E-state index contributed by atoms with van der Waals surface area (Å²) in [7, 11) is 0. The van der Waals surface area contributed by atoms with Crippen LogP contribution in [0, 0.1) is 0 Å². The Hall–Kier alpha value is -3.13. The molecule has 0 radical (unpaired) electrons. The third-order valence-corrected chi connectivity index (χ3v) is 3.93. The average Bonchev–Trinajstić information content (AvgIpc) is 3.14. The van der Waals surface area contributed by atoms with Gasteiger partial charge in [0, 0.05) is 5.56 Å². The maximum Gasteiger partial charge on any atom is 0.137 e. The minimum atomic E-state index is 0.896. The van der Waals surface area contributed by atoms with Crippen LogP contribution >= 0.6 is 0 Å². The summed E-state index contributed by atoms with van der Waals surface area (Å²) in [5.74, 6) is 0.896. The van der Waals surface area contributed by atoms with Crippen molar-refractivity contribution in [3.63, 3.8) is 0 Å². The van der Waals surface area contributed by atoms with Crippen LogP contribution in [-0.2, 0) is 0 Å². The molecule has 0 aliphatic rings. The zero-order valence-corrected chi connectivity index (χ0v) is 12.6. The summed E-state index contributed by atoms with van der Waals surface area (Å²) < 4.78 is 0. The second kappa shape index (κ2) is 5.93. The van der Waals surface area contributed by atoms with Gasteiger partial charge in [0.15, 0.2) is 0 Å². The molecule has 0 amide bonds. The molecule has 0 aliphatic heterocycles. The minimum Gasteiger partial charge on any atom is -0.338 e. The molecule has 0 aliphatic carbocycles. The van der Waals surface area contributed by atoms with E-state index in [1.165, 1.54) is 11.1 Å². The molecule has 4 rings (SSSR count). The third-order valence-electron chi connectivity index (χ3n) is 3.93. The summed E-state index contributed by atoms with van der Waals surface area (Å²) in [6.07, 6.45) is 1.89.